The second-order valence-corrected chi connectivity index (χ2v) is 6.92. The molecule has 7 heteroatoms. The maximum atomic E-state index is 12.2. The fraction of sp³-hybridized carbons (Fsp3) is 0.0714. The van der Waals surface area contributed by atoms with Gasteiger partial charge in [0.1, 0.15) is 0 Å². The quantitative estimate of drug-likeness (QED) is 0.849. The van der Waals surface area contributed by atoms with Crippen LogP contribution in [0.25, 0.3) is 0 Å². The number of carbonyl (C=O) groups is 1. The summed E-state index contributed by atoms with van der Waals surface area (Å²) in [5.41, 5.74) is 6.43. The molecule has 0 aromatic heterocycles. The van der Waals surface area contributed by atoms with Gasteiger partial charge in [0, 0.05) is 17.5 Å². The van der Waals surface area contributed by atoms with Gasteiger partial charge in [-0.15, -0.1) is 0 Å². The molecule has 0 aliphatic carbocycles. The standard InChI is InChI=1S/C14H13ClN2O3S/c1-21(19,20)11-7-9(6-10(16)8-11)14(18)17-13-5-3-2-4-12(13)15/h2-8H,16H2,1H3,(H,17,18). The summed E-state index contributed by atoms with van der Waals surface area (Å²) < 4.78 is 23.1. The number of benzene rings is 2. The maximum Gasteiger partial charge on any atom is 0.255 e. The van der Waals surface area contributed by atoms with Gasteiger partial charge in [0.2, 0.25) is 0 Å². The Bertz CT molecular complexity index is 804. The Morgan fingerprint density at radius 3 is 2.48 bits per heavy atom. The molecule has 0 atom stereocenters. The molecule has 0 spiro atoms. The molecule has 0 unspecified atom stereocenters. The third-order valence-electron chi connectivity index (χ3n) is 2.74. The fourth-order valence-electron chi connectivity index (χ4n) is 1.72. The van der Waals surface area contributed by atoms with E-state index in [1.807, 2.05) is 0 Å². The summed E-state index contributed by atoms with van der Waals surface area (Å²) in [4.78, 5) is 12.2. The van der Waals surface area contributed by atoms with Crippen molar-refractivity contribution in [2.45, 2.75) is 4.90 Å². The zero-order valence-electron chi connectivity index (χ0n) is 11.1. The smallest absolute Gasteiger partial charge is 0.255 e. The molecule has 0 saturated carbocycles. The molecule has 0 heterocycles. The minimum Gasteiger partial charge on any atom is -0.399 e. The summed E-state index contributed by atoms with van der Waals surface area (Å²) in [7, 11) is -3.45. The lowest BCUT2D eigenvalue weighted by atomic mass is 10.2. The highest BCUT2D eigenvalue weighted by atomic mass is 35.5. The summed E-state index contributed by atoms with van der Waals surface area (Å²) in [6.45, 7) is 0. The van der Waals surface area contributed by atoms with Gasteiger partial charge in [0.25, 0.3) is 5.91 Å². The predicted octanol–water partition coefficient (Wildman–Crippen LogP) is 2.58. The number of anilines is 2. The van der Waals surface area contributed by atoms with Gasteiger partial charge in [-0.2, -0.15) is 0 Å². The molecular weight excluding hydrogens is 312 g/mol. The van der Waals surface area contributed by atoms with Crippen LogP contribution in [0, 0.1) is 0 Å². The topological polar surface area (TPSA) is 89.3 Å². The Labute approximate surface area is 127 Å². The van der Waals surface area contributed by atoms with Crippen LogP contribution in [0.15, 0.2) is 47.4 Å². The van der Waals surface area contributed by atoms with Crippen molar-refractivity contribution in [1.82, 2.24) is 0 Å². The fourth-order valence-corrected chi connectivity index (χ4v) is 2.60. The second kappa shape index (κ2) is 5.75. The number of hydrogen-bond acceptors (Lipinski definition) is 4. The lowest BCUT2D eigenvalue weighted by Gasteiger charge is -2.09. The van der Waals surface area contributed by atoms with Gasteiger partial charge in [-0.1, -0.05) is 23.7 Å². The van der Waals surface area contributed by atoms with Crippen molar-refractivity contribution < 1.29 is 13.2 Å². The third-order valence-corrected chi connectivity index (χ3v) is 4.16. The summed E-state index contributed by atoms with van der Waals surface area (Å²) >= 11 is 5.96. The average Bonchev–Trinajstić information content (AvgIpc) is 2.39. The molecular formula is C14H13ClN2O3S. The van der Waals surface area contributed by atoms with Crippen molar-refractivity contribution in [3.05, 3.63) is 53.1 Å². The van der Waals surface area contributed by atoms with Crippen LogP contribution in [0.4, 0.5) is 11.4 Å². The molecule has 21 heavy (non-hydrogen) atoms. The predicted molar refractivity (Wildman–Crippen MR) is 83.4 cm³/mol. The number of nitrogen functional groups attached to an aromatic ring is 1. The molecule has 2 aromatic rings. The summed E-state index contributed by atoms with van der Waals surface area (Å²) in [5, 5.41) is 3.00. The largest absolute Gasteiger partial charge is 0.399 e. The van der Waals surface area contributed by atoms with E-state index in [4.69, 9.17) is 17.3 Å². The van der Waals surface area contributed by atoms with E-state index in [9.17, 15) is 13.2 Å². The molecule has 0 fully saturated rings. The Hall–Kier alpha value is -2.05. The van der Waals surface area contributed by atoms with Crippen molar-refractivity contribution in [3.63, 3.8) is 0 Å². The number of nitrogens with two attached hydrogens (primary N) is 1. The minimum atomic E-state index is -3.45. The summed E-state index contributed by atoms with van der Waals surface area (Å²) in [5.74, 6) is -0.486. The van der Waals surface area contributed by atoms with Crippen molar-refractivity contribution in [3.8, 4) is 0 Å². The van der Waals surface area contributed by atoms with E-state index in [0.29, 0.717) is 10.7 Å². The van der Waals surface area contributed by atoms with Gasteiger partial charge in [-0.25, -0.2) is 8.42 Å². The number of halogens is 1. The highest BCUT2D eigenvalue weighted by Gasteiger charge is 2.14. The van der Waals surface area contributed by atoms with Crippen LogP contribution in [0.5, 0.6) is 0 Å². The first-order valence-corrected chi connectivity index (χ1v) is 8.21. The summed E-state index contributed by atoms with van der Waals surface area (Å²) in [6, 6.07) is 10.7. The van der Waals surface area contributed by atoms with Crippen molar-refractivity contribution >= 4 is 38.7 Å². The molecule has 0 aliphatic heterocycles. The van der Waals surface area contributed by atoms with E-state index < -0.39 is 15.7 Å². The lowest BCUT2D eigenvalue weighted by molar-refractivity contribution is 0.102. The normalized spacial score (nSPS) is 11.1. The number of para-hydroxylation sites is 1. The number of carbonyl (C=O) groups excluding carboxylic acids is 1. The first kappa shape index (κ1) is 15.3. The Morgan fingerprint density at radius 2 is 1.86 bits per heavy atom. The van der Waals surface area contributed by atoms with Crippen molar-refractivity contribution in [2.75, 3.05) is 17.3 Å². The highest BCUT2D eigenvalue weighted by Crippen LogP contribution is 2.22. The highest BCUT2D eigenvalue weighted by molar-refractivity contribution is 7.90. The Kier molecular flexibility index (Phi) is 4.20. The number of sulfone groups is 1. The molecule has 0 radical (unpaired) electrons. The van der Waals surface area contributed by atoms with E-state index in [2.05, 4.69) is 5.32 Å². The SMILES string of the molecule is CS(=O)(=O)c1cc(N)cc(C(=O)Nc2ccccc2Cl)c1. The number of nitrogens with one attached hydrogen (secondary N) is 1. The molecule has 2 aromatic carbocycles. The van der Waals surface area contributed by atoms with E-state index in [0.717, 1.165) is 6.26 Å². The molecule has 0 bridgehead atoms. The first-order valence-electron chi connectivity index (χ1n) is 5.94. The second-order valence-electron chi connectivity index (χ2n) is 4.50. The van der Waals surface area contributed by atoms with Gasteiger partial charge >= 0.3 is 0 Å². The van der Waals surface area contributed by atoms with Crippen molar-refractivity contribution in [1.29, 1.82) is 0 Å². The molecule has 2 rings (SSSR count). The van der Waals surface area contributed by atoms with Crippen LogP contribution in [-0.2, 0) is 9.84 Å². The molecule has 3 N–H and O–H groups in total. The lowest BCUT2D eigenvalue weighted by Crippen LogP contribution is -2.13. The molecule has 0 saturated heterocycles. The van der Waals surface area contributed by atoms with Crippen LogP contribution in [0.3, 0.4) is 0 Å². The van der Waals surface area contributed by atoms with Crippen LogP contribution in [0.1, 0.15) is 10.4 Å². The van der Waals surface area contributed by atoms with Gasteiger partial charge in [0.05, 0.1) is 15.6 Å². The van der Waals surface area contributed by atoms with E-state index in [-0.39, 0.29) is 16.1 Å². The van der Waals surface area contributed by atoms with Crippen molar-refractivity contribution in [2.24, 2.45) is 0 Å². The maximum absolute atomic E-state index is 12.2. The van der Waals surface area contributed by atoms with E-state index in [1.165, 1.54) is 18.2 Å². The number of amides is 1. The Morgan fingerprint density at radius 1 is 1.19 bits per heavy atom. The monoisotopic (exact) mass is 324 g/mol. The first-order chi connectivity index (χ1) is 9.77. The van der Waals surface area contributed by atoms with Crippen LogP contribution < -0.4 is 11.1 Å². The van der Waals surface area contributed by atoms with Crippen LogP contribution in [-0.4, -0.2) is 20.6 Å². The van der Waals surface area contributed by atoms with E-state index in [1.54, 1.807) is 24.3 Å². The van der Waals surface area contributed by atoms with E-state index >= 15 is 0 Å². The average molecular weight is 325 g/mol. The van der Waals surface area contributed by atoms with Gasteiger partial charge in [-0.05, 0) is 30.3 Å². The molecule has 110 valence electrons. The van der Waals surface area contributed by atoms with Gasteiger partial charge in [0.15, 0.2) is 9.84 Å². The zero-order valence-corrected chi connectivity index (χ0v) is 12.7. The third kappa shape index (κ3) is 3.74. The Balaban J connectivity index is 2.36. The van der Waals surface area contributed by atoms with Gasteiger partial charge in [-0.3, -0.25) is 4.79 Å². The van der Waals surface area contributed by atoms with Gasteiger partial charge < -0.3 is 11.1 Å². The number of rotatable bonds is 3. The number of hydrogen-bond donors (Lipinski definition) is 2. The molecule has 5 nitrogen and oxygen atoms in total. The van der Waals surface area contributed by atoms with Crippen LogP contribution >= 0.6 is 11.6 Å². The molecule has 1 amide bonds. The van der Waals surface area contributed by atoms with Crippen LogP contribution in [0.2, 0.25) is 5.02 Å². The molecule has 0 aliphatic rings. The zero-order chi connectivity index (χ0) is 15.6. The minimum absolute atomic E-state index is 0.00758. The summed E-state index contributed by atoms with van der Waals surface area (Å²) in [6.07, 6.45) is 1.05.